The highest BCUT2D eigenvalue weighted by molar-refractivity contribution is 7.91. The monoisotopic (exact) mass is 323 g/mol. The van der Waals surface area contributed by atoms with Gasteiger partial charge in [-0.15, -0.1) is 0 Å². The Labute approximate surface area is 127 Å². The molecule has 0 bridgehead atoms. The Balaban J connectivity index is 1.93. The van der Waals surface area contributed by atoms with E-state index in [0.717, 1.165) is 10.9 Å². The van der Waals surface area contributed by atoms with Gasteiger partial charge in [0.05, 0.1) is 17.1 Å². The quantitative estimate of drug-likeness (QED) is 0.821. The first kappa shape index (κ1) is 15.1. The summed E-state index contributed by atoms with van der Waals surface area (Å²) in [5, 5.41) is 13.9. The van der Waals surface area contributed by atoms with Crippen LogP contribution in [-0.4, -0.2) is 31.1 Å². The third-order valence-electron chi connectivity index (χ3n) is 4.00. The lowest BCUT2D eigenvalue weighted by Crippen LogP contribution is -2.29. The second kappa shape index (κ2) is 5.40. The zero-order valence-electron chi connectivity index (χ0n) is 12.1. The molecule has 6 nitrogen and oxygen atoms in total. The molecule has 2 N–H and O–H groups in total. The van der Waals surface area contributed by atoms with Crippen LogP contribution >= 0.6 is 0 Å². The average molecular weight is 323 g/mol. The van der Waals surface area contributed by atoms with E-state index in [4.69, 9.17) is 4.42 Å². The third-order valence-corrected chi connectivity index (χ3v) is 5.77. The van der Waals surface area contributed by atoms with Crippen LogP contribution < -0.4 is 10.9 Å². The molecule has 1 aromatic carbocycles. The summed E-state index contributed by atoms with van der Waals surface area (Å²) in [5.41, 5.74) is 1.12. The van der Waals surface area contributed by atoms with Crippen molar-refractivity contribution in [1.29, 1.82) is 0 Å². The van der Waals surface area contributed by atoms with Crippen molar-refractivity contribution in [3.8, 4) is 5.75 Å². The number of phenolic OH excluding ortho intramolecular Hbond substituents is 1. The fourth-order valence-electron chi connectivity index (χ4n) is 2.80. The maximum absolute atomic E-state index is 11.6. The van der Waals surface area contributed by atoms with E-state index in [1.807, 2.05) is 0 Å². The fourth-order valence-corrected chi connectivity index (χ4v) is 4.51. The zero-order valence-corrected chi connectivity index (χ0v) is 12.9. The maximum Gasteiger partial charge on any atom is 0.336 e. The molecule has 1 atom stereocenters. The average Bonchev–Trinajstić information content (AvgIpc) is 2.77. The molecule has 1 unspecified atom stereocenters. The van der Waals surface area contributed by atoms with Crippen molar-refractivity contribution in [2.75, 3.05) is 11.5 Å². The summed E-state index contributed by atoms with van der Waals surface area (Å²) in [6.45, 7) is 2.05. The van der Waals surface area contributed by atoms with E-state index in [1.54, 1.807) is 19.1 Å². The minimum Gasteiger partial charge on any atom is -0.507 e. The molecule has 0 amide bonds. The van der Waals surface area contributed by atoms with Gasteiger partial charge < -0.3 is 14.8 Å². The summed E-state index contributed by atoms with van der Waals surface area (Å²) >= 11 is 0. The van der Waals surface area contributed by atoms with Crippen LogP contribution in [0.2, 0.25) is 0 Å². The van der Waals surface area contributed by atoms with Gasteiger partial charge in [0.15, 0.2) is 9.84 Å². The van der Waals surface area contributed by atoms with E-state index in [2.05, 4.69) is 5.32 Å². The number of hydrogen-bond acceptors (Lipinski definition) is 6. The van der Waals surface area contributed by atoms with E-state index in [1.165, 1.54) is 6.07 Å². The predicted molar refractivity (Wildman–Crippen MR) is 82.8 cm³/mol. The van der Waals surface area contributed by atoms with Crippen molar-refractivity contribution < 1.29 is 17.9 Å². The Morgan fingerprint density at radius 2 is 2.18 bits per heavy atom. The zero-order chi connectivity index (χ0) is 15.9. The van der Waals surface area contributed by atoms with E-state index in [9.17, 15) is 18.3 Å². The number of fused-ring (bicyclic) bond motifs is 1. The highest BCUT2D eigenvalue weighted by atomic mass is 32.2. The molecule has 1 aliphatic rings. The van der Waals surface area contributed by atoms with Gasteiger partial charge in [0.25, 0.3) is 0 Å². The molecule has 2 aromatic rings. The van der Waals surface area contributed by atoms with Crippen LogP contribution in [0.3, 0.4) is 0 Å². The Morgan fingerprint density at radius 3 is 2.86 bits per heavy atom. The minimum atomic E-state index is -2.96. The Kier molecular flexibility index (Phi) is 3.70. The second-order valence-electron chi connectivity index (χ2n) is 5.67. The van der Waals surface area contributed by atoms with Crippen molar-refractivity contribution in [3.05, 3.63) is 39.7 Å². The summed E-state index contributed by atoms with van der Waals surface area (Å²) in [6, 6.07) is 4.51. The van der Waals surface area contributed by atoms with Crippen LogP contribution in [0.15, 0.2) is 27.4 Å². The van der Waals surface area contributed by atoms with Gasteiger partial charge in [-0.2, -0.15) is 0 Å². The van der Waals surface area contributed by atoms with Crippen molar-refractivity contribution in [2.24, 2.45) is 0 Å². The molecule has 3 rings (SSSR count). The van der Waals surface area contributed by atoms with E-state index in [-0.39, 0.29) is 29.8 Å². The Hall–Kier alpha value is -1.86. The van der Waals surface area contributed by atoms with Gasteiger partial charge in [0.1, 0.15) is 11.3 Å². The molecule has 1 aliphatic heterocycles. The minimum absolute atomic E-state index is 0.0228. The first-order valence-electron chi connectivity index (χ1n) is 7.05. The van der Waals surface area contributed by atoms with Crippen LogP contribution in [0, 0.1) is 6.92 Å². The molecule has 22 heavy (non-hydrogen) atoms. The summed E-state index contributed by atoms with van der Waals surface area (Å²) in [4.78, 5) is 11.6. The summed E-state index contributed by atoms with van der Waals surface area (Å²) in [6.07, 6.45) is 0.552. The lowest BCUT2D eigenvalue weighted by Gasteiger charge is -2.13. The largest absolute Gasteiger partial charge is 0.507 e. The second-order valence-corrected chi connectivity index (χ2v) is 7.90. The number of rotatable bonds is 3. The molecule has 7 heteroatoms. The molecule has 118 valence electrons. The number of phenols is 1. The highest BCUT2D eigenvalue weighted by Gasteiger charge is 2.27. The van der Waals surface area contributed by atoms with Crippen LogP contribution in [0.1, 0.15) is 17.5 Å². The lowest BCUT2D eigenvalue weighted by molar-refractivity contribution is 0.455. The van der Waals surface area contributed by atoms with Crippen molar-refractivity contribution >= 4 is 20.8 Å². The first-order chi connectivity index (χ1) is 10.4. The van der Waals surface area contributed by atoms with E-state index >= 15 is 0 Å². The Bertz CT molecular complexity index is 885. The number of aryl methyl sites for hydroxylation is 1. The van der Waals surface area contributed by atoms with Crippen LogP contribution in [0.25, 0.3) is 11.0 Å². The molecule has 1 aromatic heterocycles. The maximum atomic E-state index is 11.6. The molecule has 0 aliphatic carbocycles. The molecule has 1 fully saturated rings. The fraction of sp³-hybridized carbons (Fsp3) is 0.400. The summed E-state index contributed by atoms with van der Waals surface area (Å²) in [7, 11) is -2.96. The molecular formula is C15H17NO5S. The molecule has 0 saturated carbocycles. The number of nitrogens with one attached hydrogen (secondary N) is 1. The number of hydrogen-bond donors (Lipinski definition) is 2. The van der Waals surface area contributed by atoms with Crippen molar-refractivity contribution in [1.82, 2.24) is 5.32 Å². The van der Waals surface area contributed by atoms with Crippen molar-refractivity contribution in [2.45, 2.75) is 25.9 Å². The smallest absolute Gasteiger partial charge is 0.336 e. The lowest BCUT2D eigenvalue weighted by atomic mass is 10.1. The SMILES string of the molecule is Cc1cc(=O)oc2c(CNC3CCS(=O)(=O)C3)c(O)ccc12. The molecule has 0 radical (unpaired) electrons. The van der Waals surface area contributed by atoms with Gasteiger partial charge in [-0.1, -0.05) is 0 Å². The predicted octanol–water partition coefficient (Wildman–Crippen LogP) is 1.08. The van der Waals surface area contributed by atoms with Gasteiger partial charge in [0, 0.05) is 24.0 Å². The molecule has 0 spiro atoms. The number of benzene rings is 1. The molecule has 2 heterocycles. The number of aromatic hydroxyl groups is 1. The van der Waals surface area contributed by atoms with Crippen LogP contribution in [-0.2, 0) is 16.4 Å². The standard InChI is InChI=1S/C15H17NO5S/c1-9-6-14(18)21-15-11(9)2-3-13(17)12(15)7-16-10-4-5-22(19,20)8-10/h2-3,6,10,16-17H,4-5,7-8H2,1H3. The van der Waals surface area contributed by atoms with Gasteiger partial charge in [-0.3, -0.25) is 0 Å². The van der Waals surface area contributed by atoms with E-state index in [0.29, 0.717) is 17.6 Å². The molecule has 1 saturated heterocycles. The van der Waals surface area contributed by atoms with Crippen molar-refractivity contribution in [3.63, 3.8) is 0 Å². The van der Waals surface area contributed by atoms with Gasteiger partial charge in [-0.25, -0.2) is 13.2 Å². The summed E-state index contributed by atoms with van der Waals surface area (Å²) < 4.78 is 28.2. The summed E-state index contributed by atoms with van der Waals surface area (Å²) in [5.74, 6) is 0.302. The highest BCUT2D eigenvalue weighted by Crippen LogP contribution is 2.28. The van der Waals surface area contributed by atoms with Gasteiger partial charge in [0.2, 0.25) is 0 Å². The Morgan fingerprint density at radius 1 is 1.41 bits per heavy atom. The normalized spacial score (nSPS) is 20.5. The molecular weight excluding hydrogens is 306 g/mol. The number of sulfone groups is 1. The van der Waals surface area contributed by atoms with Gasteiger partial charge in [-0.05, 0) is 31.0 Å². The van der Waals surface area contributed by atoms with E-state index < -0.39 is 15.5 Å². The third kappa shape index (κ3) is 2.86. The topological polar surface area (TPSA) is 96.6 Å². The van der Waals surface area contributed by atoms with Gasteiger partial charge >= 0.3 is 5.63 Å². The van der Waals surface area contributed by atoms with Crippen LogP contribution in [0.4, 0.5) is 0 Å². The first-order valence-corrected chi connectivity index (χ1v) is 8.87. The van der Waals surface area contributed by atoms with Crippen LogP contribution in [0.5, 0.6) is 5.75 Å².